The Hall–Kier alpha value is -3.12. The minimum Gasteiger partial charge on any atom is -0.484 e. The number of rotatable bonds is 11. The third kappa shape index (κ3) is 8.25. The van der Waals surface area contributed by atoms with Crippen molar-refractivity contribution in [2.75, 3.05) is 6.61 Å². The topological polar surface area (TPSA) is 58.6 Å². The molecule has 6 heteroatoms. The van der Waals surface area contributed by atoms with Gasteiger partial charge >= 0.3 is 0 Å². The number of nitrogens with one attached hydrogen (secondary N) is 1. The monoisotopic (exact) mass is 536 g/mol. The van der Waals surface area contributed by atoms with Gasteiger partial charge in [-0.1, -0.05) is 77.5 Å². The molecule has 1 atom stereocenters. The predicted molar refractivity (Wildman–Crippen MR) is 143 cm³/mol. The van der Waals surface area contributed by atoms with E-state index in [4.69, 9.17) is 4.74 Å². The number of hydrogen-bond acceptors (Lipinski definition) is 3. The minimum atomic E-state index is -0.683. The molecule has 0 aliphatic carbocycles. The van der Waals surface area contributed by atoms with Crippen molar-refractivity contribution in [2.24, 2.45) is 0 Å². The first kappa shape index (κ1) is 26.5. The van der Waals surface area contributed by atoms with Crippen LogP contribution in [0.15, 0.2) is 83.3 Å². The Morgan fingerprint density at radius 3 is 2.23 bits per heavy atom. The van der Waals surface area contributed by atoms with Crippen molar-refractivity contribution in [3.63, 3.8) is 0 Å². The van der Waals surface area contributed by atoms with E-state index in [9.17, 15) is 9.59 Å². The zero-order valence-corrected chi connectivity index (χ0v) is 22.1. The molecule has 0 aliphatic heterocycles. The van der Waals surface area contributed by atoms with Crippen molar-refractivity contribution in [1.29, 1.82) is 0 Å². The standard InChI is InChI=1S/C29H33BrN2O3/c1-4-22-13-15-26(16-14-22)35-20-28(33)32(19-24-11-8-12-25(30)17-24)27(29(34)31-21(2)3)18-23-9-6-5-7-10-23/h5-17,21,27H,4,18-20H2,1-3H3,(H,31,34)/t27-/m1/s1. The van der Waals surface area contributed by atoms with E-state index in [-0.39, 0.29) is 24.5 Å². The summed E-state index contributed by atoms with van der Waals surface area (Å²) in [6.45, 7) is 6.06. The van der Waals surface area contributed by atoms with Crippen LogP contribution in [0.25, 0.3) is 0 Å². The zero-order chi connectivity index (χ0) is 25.2. The second kappa shape index (κ2) is 13.1. The fourth-order valence-corrected chi connectivity index (χ4v) is 4.26. The first-order chi connectivity index (χ1) is 16.9. The van der Waals surface area contributed by atoms with Gasteiger partial charge in [0.2, 0.25) is 5.91 Å². The summed E-state index contributed by atoms with van der Waals surface area (Å²) in [5.41, 5.74) is 3.11. The number of amides is 2. The second-order valence-electron chi connectivity index (χ2n) is 8.81. The molecule has 0 radical (unpaired) electrons. The number of hydrogen-bond donors (Lipinski definition) is 1. The van der Waals surface area contributed by atoms with E-state index in [0.29, 0.717) is 18.7 Å². The maximum Gasteiger partial charge on any atom is 0.261 e. The Kier molecular flexibility index (Phi) is 9.91. The number of benzene rings is 3. The maximum absolute atomic E-state index is 13.6. The van der Waals surface area contributed by atoms with E-state index in [0.717, 1.165) is 22.0 Å². The average Bonchev–Trinajstić information content (AvgIpc) is 2.85. The number of ether oxygens (including phenoxy) is 1. The summed E-state index contributed by atoms with van der Waals surface area (Å²) in [6.07, 6.45) is 1.34. The van der Waals surface area contributed by atoms with Gasteiger partial charge in [-0.25, -0.2) is 0 Å². The van der Waals surface area contributed by atoms with E-state index in [1.165, 1.54) is 5.56 Å². The predicted octanol–water partition coefficient (Wildman–Crippen LogP) is 5.56. The van der Waals surface area contributed by atoms with Crippen molar-refractivity contribution in [1.82, 2.24) is 10.2 Å². The Bertz CT molecular complexity index is 1100. The van der Waals surface area contributed by atoms with Crippen LogP contribution in [0.4, 0.5) is 0 Å². The Balaban J connectivity index is 1.88. The third-order valence-electron chi connectivity index (χ3n) is 5.64. The summed E-state index contributed by atoms with van der Waals surface area (Å²) in [6, 6.07) is 24.6. The first-order valence-electron chi connectivity index (χ1n) is 12.0. The van der Waals surface area contributed by atoms with Gasteiger partial charge in [0, 0.05) is 23.5 Å². The van der Waals surface area contributed by atoms with Gasteiger partial charge in [-0.15, -0.1) is 0 Å². The van der Waals surface area contributed by atoms with Crippen molar-refractivity contribution >= 4 is 27.7 Å². The normalized spacial score (nSPS) is 11.7. The number of aryl methyl sites for hydroxylation is 1. The second-order valence-corrected chi connectivity index (χ2v) is 9.72. The average molecular weight is 537 g/mol. The number of nitrogens with zero attached hydrogens (tertiary/aromatic N) is 1. The summed E-state index contributed by atoms with van der Waals surface area (Å²) in [5, 5.41) is 3.00. The Labute approximate surface area is 216 Å². The molecule has 0 saturated carbocycles. The van der Waals surface area contributed by atoms with Crippen molar-refractivity contribution in [2.45, 2.75) is 52.2 Å². The summed E-state index contributed by atoms with van der Waals surface area (Å²) in [5.74, 6) is 0.202. The summed E-state index contributed by atoms with van der Waals surface area (Å²) >= 11 is 3.51. The SMILES string of the molecule is CCc1ccc(OCC(=O)N(Cc2cccc(Br)c2)[C@H](Cc2ccccc2)C(=O)NC(C)C)cc1. The van der Waals surface area contributed by atoms with E-state index in [2.05, 4.69) is 28.2 Å². The highest BCUT2D eigenvalue weighted by Crippen LogP contribution is 2.19. The van der Waals surface area contributed by atoms with Gasteiger partial charge < -0.3 is 15.0 Å². The third-order valence-corrected chi connectivity index (χ3v) is 6.13. The number of carbonyl (C=O) groups excluding carboxylic acids is 2. The fourth-order valence-electron chi connectivity index (χ4n) is 3.82. The van der Waals surface area contributed by atoms with Gasteiger partial charge in [0.1, 0.15) is 11.8 Å². The molecule has 3 rings (SSSR count). The van der Waals surface area contributed by atoms with Gasteiger partial charge in [-0.05, 0) is 61.2 Å². The molecule has 0 spiro atoms. The maximum atomic E-state index is 13.6. The smallest absolute Gasteiger partial charge is 0.261 e. The van der Waals surface area contributed by atoms with Crippen molar-refractivity contribution in [3.8, 4) is 5.75 Å². The van der Waals surface area contributed by atoms with E-state index in [1.54, 1.807) is 4.90 Å². The molecule has 3 aromatic rings. The number of halogens is 1. The van der Waals surface area contributed by atoms with Crippen LogP contribution in [0.1, 0.15) is 37.5 Å². The van der Waals surface area contributed by atoms with Crippen LogP contribution >= 0.6 is 15.9 Å². The Morgan fingerprint density at radius 1 is 0.914 bits per heavy atom. The number of carbonyl (C=O) groups is 2. The molecule has 35 heavy (non-hydrogen) atoms. The molecule has 5 nitrogen and oxygen atoms in total. The van der Waals surface area contributed by atoms with Gasteiger partial charge in [-0.3, -0.25) is 9.59 Å². The van der Waals surface area contributed by atoms with Gasteiger partial charge in [0.15, 0.2) is 6.61 Å². The lowest BCUT2D eigenvalue weighted by Crippen LogP contribution is -2.52. The fraction of sp³-hybridized carbons (Fsp3) is 0.310. The van der Waals surface area contributed by atoms with E-state index >= 15 is 0 Å². The summed E-state index contributed by atoms with van der Waals surface area (Å²) in [4.78, 5) is 28.5. The minimum absolute atomic E-state index is 0.0445. The van der Waals surface area contributed by atoms with Crippen LogP contribution in [0.2, 0.25) is 0 Å². The van der Waals surface area contributed by atoms with Crippen LogP contribution in [0.5, 0.6) is 5.75 Å². The van der Waals surface area contributed by atoms with Crippen LogP contribution < -0.4 is 10.1 Å². The lowest BCUT2D eigenvalue weighted by Gasteiger charge is -2.32. The van der Waals surface area contributed by atoms with Gasteiger partial charge in [-0.2, -0.15) is 0 Å². The molecule has 3 aromatic carbocycles. The highest BCUT2D eigenvalue weighted by atomic mass is 79.9. The molecule has 2 amide bonds. The lowest BCUT2D eigenvalue weighted by molar-refractivity contribution is -0.143. The molecule has 0 bridgehead atoms. The highest BCUT2D eigenvalue weighted by Gasteiger charge is 2.31. The largest absolute Gasteiger partial charge is 0.484 e. The van der Waals surface area contributed by atoms with Crippen molar-refractivity contribution < 1.29 is 14.3 Å². The van der Waals surface area contributed by atoms with Gasteiger partial charge in [0.05, 0.1) is 0 Å². The molecule has 0 aliphatic rings. The quantitative estimate of drug-likeness (QED) is 0.349. The molecule has 1 N–H and O–H groups in total. The molecule has 0 aromatic heterocycles. The van der Waals surface area contributed by atoms with Gasteiger partial charge in [0.25, 0.3) is 5.91 Å². The molecular weight excluding hydrogens is 504 g/mol. The van der Waals surface area contributed by atoms with Crippen molar-refractivity contribution in [3.05, 3.63) is 100 Å². The Morgan fingerprint density at radius 2 is 1.60 bits per heavy atom. The molecule has 0 fully saturated rings. The molecule has 0 heterocycles. The highest BCUT2D eigenvalue weighted by molar-refractivity contribution is 9.10. The summed E-state index contributed by atoms with van der Waals surface area (Å²) < 4.78 is 6.76. The van der Waals surface area contributed by atoms with Crippen LogP contribution in [0, 0.1) is 0 Å². The first-order valence-corrected chi connectivity index (χ1v) is 12.7. The van der Waals surface area contributed by atoms with E-state index < -0.39 is 6.04 Å². The molecule has 0 saturated heterocycles. The summed E-state index contributed by atoms with van der Waals surface area (Å²) in [7, 11) is 0. The molecule has 184 valence electrons. The van der Waals surface area contributed by atoms with E-state index in [1.807, 2.05) is 92.7 Å². The van der Waals surface area contributed by atoms with Crippen LogP contribution in [-0.4, -0.2) is 35.4 Å². The molecule has 0 unspecified atom stereocenters. The van der Waals surface area contributed by atoms with Crippen LogP contribution in [-0.2, 0) is 29.0 Å². The van der Waals surface area contributed by atoms with Crippen LogP contribution in [0.3, 0.4) is 0 Å². The lowest BCUT2D eigenvalue weighted by atomic mass is 10.0. The zero-order valence-electron chi connectivity index (χ0n) is 20.5. The molecular formula is C29H33BrN2O3.